The first-order valence-electron chi connectivity index (χ1n) is 9.00. The van der Waals surface area contributed by atoms with Crippen LogP contribution in [0.15, 0.2) is 24.7 Å². The highest BCUT2D eigenvalue weighted by atomic mass is 15.3. The Morgan fingerprint density at radius 1 is 1.36 bits per heavy atom. The van der Waals surface area contributed by atoms with Crippen LogP contribution in [-0.2, 0) is 7.05 Å². The molecule has 2 fully saturated rings. The van der Waals surface area contributed by atoms with Gasteiger partial charge in [-0.05, 0) is 12.5 Å². The van der Waals surface area contributed by atoms with E-state index in [-0.39, 0.29) is 10.8 Å². The predicted molar refractivity (Wildman–Crippen MR) is 99.0 cm³/mol. The van der Waals surface area contributed by atoms with Crippen LogP contribution in [0.5, 0.6) is 0 Å². The Balaban J connectivity index is 1.56. The second-order valence-corrected chi connectivity index (χ2v) is 7.94. The van der Waals surface area contributed by atoms with Crippen molar-refractivity contribution in [3.05, 3.63) is 24.7 Å². The quantitative estimate of drug-likeness (QED) is 0.888. The van der Waals surface area contributed by atoms with E-state index in [0.717, 1.165) is 37.6 Å². The molecule has 134 valence electrons. The van der Waals surface area contributed by atoms with Crippen molar-refractivity contribution in [2.75, 3.05) is 29.9 Å². The lowest BCUT2D eigenvalue weighted by molar-refractivity contribution is 0.170. The Bertz CT molecular complexity index is 772. The number of aryl methyl sites for hydroxylation is 1. The largest absolute Gasteiger partial charge is 0.355 e. The summed E-state index contributed by atoms with van der Waals surface area (Å²) in [4.78, 5) is 11.5. The molecule has 0 aliphatic carbocycles. The highest BCUT2D eigenvalue weighted by Gasteiger charge is 2.59. The van der Waals surface area contributed by atoms with Gasteiger partial charge in [-0.25, -0.2) is 4.98 Å². The van der Waals surface area contributed by atoms with Gasteiger partial charge in [-0.2, -0.15) is 10.1 Å². The molecule has 7 nitrogen and oxygen atoms in total. The summed E-state index contributed by atoms with van der Waals surface area (Å²) in [7, 11) is 1.89. The van der Waals surface area contributed by atoms with Gasteiger partial charge in [0.25, 0.3) is 0 Å². The van der Waals surface area contributed by atoms with E-state index in [1.165, 1.54) is 0 Å². The van der Waals surface area contributed by atoms with Gasteiger partial charge in [0, 0.05) is 55.9 Å². The SMILES string of the molecule is CCC1NC[C@]2(C)CN(c3ccnc(Nc4cnn(C)c4)n3)C[C@@]12C. The van der Waals surface area contributed by atoms with Crippen molar-refractivity contribution in [2.45, 2.75) is 33.2 Å². The minimum atomic E-state index is 0.268. The van der Waals surface area contributed by atoms with Gasteiger partial charge in [-0.1, -0.05) is 20.8 Å². The number of fused-ring (bicyclic) bond motifs is 1. The summed E-state index contributed by atoms with van der Waals surface area (Å²) in [6.07, 6.45) is 6.68. The molecule has 2 N–H and O–H groups in total. The summed E-state index contributed by atoms with van der Waals surface area (Å²) in [5, 5.41) is 11.1. The summed E-state index contributed by atoms with van der Waals surface area (Å²) >= 11 is 0. The lowest BCUT2D eigenvalue weighted by Gasteiger charge is -2.35. The van der Waals surface area contributed by atoms with Crippen molar-refractivity contribution in [1.29, 1.82) is 0 Å². The third-order valence-electron chi connectivity index (χ3n) is 6.28. The van der Waals surface area contributed by atoms with Crippen LogP contribution in [0.3, 0.4) is 0 Å². The summed E-state index contributed by atoms with van der Waals surface area (Å²) in [6, 6.07) is 2.58. The van der Waals surface area contributed by atoms with Crippen molar-refractivity contribution in [3.8, 4) is 0 Å². The minimum Gasteiger partial charge on any atom is -0.355 e. The highest BCUT2D eigenvalue weighted by molar-refractivity contribution is 5.53. The molecule has 0 saturated carbocycles. The Morgan fingerprint density at radius 3 is 2.92 bits per heavy atom. The highest BCUT2D eigenvalue weighted by Crippen LogP contribution is 2.53. The number of rotatable bonds is 4. The maximum atomic E-state index is 4.75. The third-order valence-corrected chi connectivity index (χ3v) is 6.28. The fourth-order valence-corrected chi connectivity index (χ4v) is 4.56. The molecule has 2 aliphatic heterocycles. The first kappa shape index (κ1) is 16.3. The van der Waals surface area contributed by atoms with Crippen molar-refractivity contribution in [1.82, 2.24) is 25.1 Å². The van der Waals surface area contributed by atoms with E-state index in [2.05, 4.69) is 46.4 Å². The molecule has 2 saturated heterocycles. The first-order chi connectivity index (χ1) is 11.9. The smallest absolute Gasteiger partial charge is 0.229 e. The van der Waals surface area contributed by atoms with Gasteiger partial charge in [0.05, 0.1) is 11.9 Å². The molecule has 3 atom stereocenters. The maximum absolute atomic E-state index is 4.75. The normalized spacial score (nSPS) is 31.4. The van der Waals surface area contributed by atoms with E-state index in [9.17, 15) is 0 Å². The average Bonchev–Trinajstić information content (AvgIpc) is 3.17. The monoisotopic (exact) mass is 341 g/mol. The molecule has 0 amide bonds. The zero-order valence-corrected chi connectivity index (χ0v) is 15.5. The lowest BCUT2D eigenvalue weighted by Crippen LogP contribution is -2.41. The van der Waals surface area contributed by atoms with Gasteiger partial charge in [0.15, 0.2) is 0 Å². The average molecular weight is 341 g/mol. The standard InChI is InChI=1S/C18H27N7/c1-5-14-18(3)12-25(11-17(18,2)10-20-14)15-6-7-19-16(23-15)22-13-8-21-24(4)9-13/h6-9,14,20H,5,10-12H2,1-4H3,(H,19,22,23)/t14?,17-,18+/m1/s1. The fraction of sp³-hybridized carbons (Fsp3) is 0.611. The molecular formula is C18H27N7. The van der Waals surface area contributed by atoms with E-state index in [0.29, 0.717) is 12.0 Å². The minimum absolute atomic E-state index is 0.268. The molecule has 0 aromatic carbocycles. The van der Waals surface area contributed by atoms with Gasteiger partial charge in [0.2, 0.25) is 5.95 Å². The molecule has 2 aromatic heterocycles. The molecule has 0 radical (unpaired) electrons. The Labute approximate surface area is 148 Å². The zero-order chi connectivity index (χ0) is 17.7. The van der Waals surface area contributed by atoms with Gasteiger partial charge < -0.3 is 15.5 Å². The Morgan fingerprint density at radius 2 is 2.20 bits per heavy atom. The molecule has 2 aliphatic rings. The molecule has 4 heterocycles. The van der Waals surface area contributed by atoms with Gasteiger partial charge in [-0.3, -0.25) is 4.68 Å². The second-order valence-electron chi connectivity index (χ2n) is 7.94. The van der Waals surface area contributed by atoms with Gasteiger partial charge >= 0.3 is 0 Å². The van der Waals surface area contributed by atoms with Crippen molar-refractivity contribution in [3.63, 3.8) is 0 Å². The van der Waals surface area contributed by atoms with Crippen LogP contribution in [0.25, 0.3) is 0 Å². The predicted octanol–water partition coefficient (Wildman–Crippen LogP) is 2.17. The molecule has 25 heavy (non-hydrogen) atoms. The van der Waals surface area contributed by atoms with Crippen molar-refractivity contribution >= 4 is 17.5 Å². The van der Waals surface area contributed by atoms with Crippen LogP contribution in [0.1, 0.15) is 27.2 Å². The Kier molecular flexibility index (Phi) is 3.72. The maximum Gasteiger partial charge on any atom is 0.229 e. The molecule has 7 heteroatoms. The second kappa shape index (κ2) is 5.69. The number of hydrogen-bond donors (Lipinski definition) is 2. The molecule has 0 bridgehead atoms. The van der Waals surface area contributed by atoms with E-state index in [1.54, 1.807) is 10.9 Å². The third kappa shape index (κ3) is 2.57. The molecular weight excluding hydrogens is 314 g/mol. The Hall–Kier alpha value is -2.15. The summed E-state index contributed by atoms with van der Waals surface area (Å²) < 4.78 is 1.76. The van der Waals surface area contributed by atoms with Crippen LogP contribution in [0.4, 0.5) is 17.5 Å². The van der Waals surface area contributed by atoms with Crippen LogP contribution < -0.4 is 15.5 Å². The molecule has 0 spiro atoms. The van der Waals surface area contributed by atoms with Crippen LogP contribution >= 0.6 is 0 Å². The molecule has 4 rings (SSSR count). The van der Waals surface area contributed by atoms with Gasteiger partial charge in [-0.15, -0.1) is 0 Å². The number of nitrogens with one attached hydrogen (secondary N) is 2. The van der Waals surface area contributed by atoms with Crippen molar-refractivity contribution < 1.29 is 0 Å². The number of anilines is 3. The summed E-state index contributed by atoms with van der Waals surface area (Å²) in [5.41, 5.74) is 1.44. The molecule has 2 aromatic rings. The summed E-state index contributed by atoms with van der Waals surface area (Å²) in [6.45, 7) is 10.2. The topological polar surface area (TPSA) is 70.9 Å². The van der Waals surface area contributed by atoms with E-state index < -0.39 is 0 Å². The fourth-order valence-electron chi connectivity index (χ4n) is 4.56. The number of aromatic nitrogens is 4. The van der Waals surface area contributed by atoms with Crippen molar-refractivity contribution in [2.24, 2.45) is 17.9 Å². The number of nitrogens with zero attached hydrogens (tertiary/aromatic N) is 5. The van der Waals surface area contributed by atoms with Crippen LogP contribution in [-0.4, -0.2) is 45.4 Å². The zero-order valence-electron chi connectivity index (χ0n) is 15.5. The number of hydrogen-bond acceptors (Lipinski definition) is 6. The first-order valence-corrected chi connectivity index (χ1v) is 9.00. The molecule has 1 unspecified atom stereocenters. The lowest BCUT2D eigenvalue weighted by atomic mass is 9.67. The van der Waals surface area contributed by atoms with E-state index in [4.69, 9.17) is 4.98 Å². The summed E-state index contributed by atoms with van der Waals surface area (Å²) in [5.74, 6) is 1.61. The van der Waals surface area contributed by atoms with Gasteiger partial charge in [0.1, 0.15) is 5.82 Å². The van der Waals surface area contributed by atoms with Crippen LogP contribution in [0.2, 0.25) is 0 Å². The van der Waals surface area contributed by atoms with E-state index in [1.807, 2.05) is 25.5 Å². The van der Waals surface area contributed by atoms with E-state index >= 15 is 0 Å². The van der Waals surface area contributed by atoms with Crippen LogP contribution in [0, 0.1) is 10.8 Å².